The van der Waals surface area contributed by atoms with Crippen LogP contribution in [0.2, 0.25) is 10.0 Å². The molecule has 3 rings (SSSR count). The number of carbonyl (C=O) groups excluding carboxylic acids is 2. The molecule has 8 nitrogen and oxygen atoms in total. The molecule has 2 atom stereocenters. The molecule has 0 aliphatic carbocycles. The third kappa shape index (κ3) is 8.18. The summed E-state index contributed by atoms with van der Waals surface area (Å²) in [7, 11) is -4.18. The van der Waals surface area contributed by atoms with E-state index in [2.05, 4.69) is 5.32 Å². The van der Waals surface area contributed by atoms with Crippen molar-refractivity contribution in [2.24, 2.45) is 0 Å². The van der Waals surface area contributed by atoms with Crippen molar-refractivity contribution >= 4 is 50.7 Å². The predicted octanol–water partition coefficient (Wildman–Crippen LogP) is 6.31. The molecule has 2 amide bonds. The van der Waals surface area contributed by atoms with Crippen LogP contribution >= 0.6 is 23.2 Å². The highest BCUT2D eigenvalue weighted by molar-refractivity contribution is 7.92. The van der Waals surface area contributed by atoms with Gasteiger partial charge in [-0.3, -0.25) is 13.9 Å². The maximum Gasteiger partial charge on any atom is 0.264 e. The fourth-order valence-corrected chi connectivity index (χ4v) is 6.29. The summed E-state index contributed by atoms with van der Waals surface area (Å²) in [5.41, 5.74) is 0.728. The van der Waals surface area contributed by atoms with Crippen molar-refractivity contribution in [2.75, 3.05) is 17.5 Å². The fraction of sp³-hybridized carbons (Fsp3) is 0.355. The summed E-state index contributed by atoms with van der Waals surface area (Å²) in [4.78, 5) is 29.0. The first-order valence-corrected chi connectivity index (χ1v) is 16.1. The predicted molar refractivity (Wildman–Crippen MR) is 168 cm³/mol. The number of nitrogens with zero attached hydrogens (tertiary/aromatic N) is 2. The highest BCUT2D eigenvalue weighted by Gasteiger charge is 2.34. The number of sulfonamides is 1. The van der Waals surface area contributed by atoms with E-state index in [9.17, 15) is 18.0 Å². The topological polar surface area (TPSA) is 96.0 Å². The van der Waals surface area contributed by atoms with E-state index in [1.54, 1.807) is 67.6 Å². The van der Waals surface area contributed by atoms with Crippen LogP contribution in [0.4, 0.5) is 5.69 Å². The van der Waals surface area contributed by atoms with Crippen LogP contribution in [0.15, 0.2) is 77.7 Å². The number of carbonyl (C=O) groups is 2. The van der Waals surface area contributed by atoms with Crippen LogP contribution in [0, 0.1) is 0 Å². The lowest BCUT2D eigenvalue weighted by atomic mass is 10.1. The molecule has 0 bridgehead atoms. The van der Waals surface area contributed by atoms with Crippen molar-refractivity contribution in [1.29, 1.82) is 0 Å². The van der Waals surface area contributed by atoms with Gasteiger partial charge >= 0.3 is 0 Å². The second-order valence-electron chi connectivity index (χ2n) is 9.72. The molecule has 226 valence electrons. The standard InChI is InChI=1S/C31H37Cl2N3O5S/c1-5-22(4)34-31(38)29(6-2)35(20-26-27(32)14-11-15-28(26)33)30(37)21-36(23-16-18-24(19-17-23)41-7-3)42(39,40)25-12-9-8-10-13-25/h8-19,22,29H,5-7,20-21H2,1-4H3,(H,34,38)/t22-,29-/m1/s1. The largest absolute Gasteiger partial charge is 0.494 e. The number of hydrogen-bond donors (Lipinski definition) is 1. The Hall–Kier alpha value is -3.27. The van der Waals surface area contributed by atoms with Gasteiger partial charge in [-0.1, -0.05) is 61.3 Å². The van der Waals surface area contributed by atoms with Gasteiger partial charge in [-0.15, -0.1) is 0 Å². The van der Waals surface area contributed by atoms with E-state index in [1.165, 1.54) is 17.0 Å². The lowest BCUT2D eigenvalue weighted by molar-refractivity contribution is -0.140. The quantitative estimate of drug-likeness (QED) is 0.224. The number of amides is 2. The number of benzene rings is 3. The molecular formula is C31H37Cl2N3O5S. The van der Waals surface area contributed by atoms with Crippen molar-refractivity contribution in [2.45, 2.75) is 64.1 Å². The van der Waals surface area contributed by atoms with Gasteiger partial charge < -0.3 is 15.0 Å². The van der Waals surface area contributed by atoms with Gasteiger partial charge in [0.1, 0.15) is 18.3 Å². The molecule has 0 saturated heterocycles. The Balaban J connectivity index is 2.09. The first-order chi connectivity index (χ1) is 20.0. The summed E-state index contributed by atoms with van der Waals surface area (Å²) < 4.78 is 34.4. The molecule has 0 fully saturated rings. The van der Waals surface area contributed by atoms with Crippen molar-refractivity contribution in [3.05, 3.63) is 88.4 Å². The molecule has 42 heavy (non-hydrogen) atoms. The minimum absolute atomic E-state index is 0.0222. The van der Waals surface area contributed by atoms with Crippen LogP contribution in [0.5, 0.6) is 5.75 Å². The average molecular weight is 635 g/mol. The van der Waals surface area contributed by atoms with Crippen molar-refractivity contribution < 1.29 is 22.7 Å². The summed E-state index contributed by atoms with van der Waals surface area (Å²) >= 11 is 12.9. The van der Waals surface area contributed by atoms with Crippen LogP contribution in [-0.4, -0.2) is 50.4 Å². The van der Waals surface area contributed by atoms with Crippen LogP contribution in [0.3, 0.4) is 0 Å². The summed E-state index contributed by atoms with van der Waals surface area (Å²) in [5, 5.41) is 3.61. The van der Waals surface area contributed by atoms with Gasteiger partial charge in [0.25, 0.3) is 10.0 Å². The first kappa shape index (κ1) is 33.2. The molecule has 1 N–H and O–H groups in total. The molecule has 0 aliphatic heterocycles. The Morgan fingerprint density at radius 1 is 0.881 bits per heavy atom. The highest BCUT2D eigenvalue weighted by Crippen LogP contribution is 2.29. The number of anilines is 1. The van der Waals surface area contributed by atoms with Crippen molar-refractivity contribution in [1.82, 2.24) is 10.2 Å². The van der Waals surface area contributed by atoms with Crippen LogP contribution < -0.4 is 14.4 Å². The number of hydrogen-bond acceptors (Lipinski definition) is 5. The zero-order valence-electron chi connectivity index (χ0n) is 24.2. The molecule has 11 heteroatoms. The number of rotatable bonds is 14. The van der Waals surface area contributed by atoms with E-state index < -0.39 is 28.5 Å². The Morgan fingerprint density at radius 3 is 2.05 bits per heavy atom. The second kappa shape index (κ2) is 15.3. The molecule has 3 aromatic carbocycles. The number of ether oxygens (including phenoxy) is 1. The normalized spacial score (nSPS) is 12.7. The van der Waals surface area contributed by atoms with Gasteiger partial charge in [0.2, 0.25) is 11.8 Å². The third-order valence-corrected chi connectivity index (χ3v) is 9.32. The minimum atomic E-state index is -4.18. The fourth-order valence-electron chi connectivity index (χ4n) is 4.34. The molecular weight excluding hydrogens is 597 g/mol. The lowest BCUT2D eigenvalue weighted by Crippen LogP contribution is -2.53. The SMILES string of the molecule is CCOc1ccc(N(CC(=O)N(Cc2c(Cl)cccc2Cl)[C@H](CC)C(=O)N[C@H](C)CC)S(=O)(=O)c2ccccc2)cc1. The van der Waals surface area contributed by atoms with Gasteiger partial charge in [0, 0.05) is 28.2 Å². The summed E-state index contributed by atoms with van der Waals surface area (Å²) in [6.07, 6.45) is 0.984. The number of halogens is 2. The smallest absolute Gasteiger partial charge is 0.264 e. The van der Waals surface area contributed by atoms with Gasteiger partial charge in [0.15, 0.2) is 0 Å². The zero-order valence-corrected chi connectivity index (χ0v) is 26.5. The van der Waals surface area contributed by atoms with Crippen molar-refractivity contribution in [3.63, 3.8) is 0 Å². The maximum atomic E-state index is 14.2. The van der Waals surface area contributed by atoms with Gasteiger partial charge in [0.05, 0.1) is 17.2 Å². The zero-order chi connectivity index (χ0) is 30.9. The Kier molecular flexibility index (Phi) is 12.1. The monoisotopic (exact) mass is 633 g/mol. The molecule has 0 unspecified atom stereocenters. The Bertz CT molecular complexity index is 1430. The van der Waals surface area contributed by atoms with Crippen LogP contribution in [0.25, 0.3) is 0 Å². The number of nitrogens with one attached hydrogen (secondary N) is 1. The highest BCUT2D eigenvalue weighted by atomic mass is 35.5. The van der Waals surface area contributed by atoms with Crippen LogP contribution in [0.1, 0.15) is 46.1 Å². The van der Waals surface area contributed by atoms with E-state index >= 15 is 0 Å². The molecule has 0 spiro atoms. The van der Waals surface area contributed by atoms with Crippen molar-refractivity contribution in [3.8, 4) is 5.75 Å². The molecule has 0 heterocycles. The van der Waals surface area contributed by atoms with E-state index in [4.69, 9.17) is 27.9 Å². The Labute approximate surface area is 258 Å². The van der Waals surface area contributed by atoms with Gasteiger partial charge in [-0.05, 0) is 75.2 Å². The van der Waals surface area contributed by atoms with Crippen LogP contribution in [-0.2, 0) is 26.2 Å². The molecule has 3 aromatic rings. The lowest BCUT2D eigenvalue weighted by Gasteiger charge is -2.34. The summed E-state index contributed by atoms with van der Waals surface area (Å²) in [6.45, 7) is 7.25. The van der Waals surface area contributed by atoms with E-state index in [-0.39, 0.29) is 35.5 Å². The summed E-state index contributed by atoms with van der Waals surface area (Å²) in [6, 6.07) is 18.3. The summed E-state index contributed by atoms with van der Waals surface area (Å²) in [5.74, 6) is -0.375. The van der Waals surface area contributed by atoms with E-state index in [1.807, 2.05) is 20.8 Å². The maximum absolute atomic E-state index is 14.2. The van der Waals surface area contributed by atoms with E-state index in [0.717, 1.165) is 4.31 Å². The molecule has 0 aliphatic rings. The minimum Gasteiger partial charge on any atom is -0.494 e. The molecule has 0 saturated carbocycles. The Morgan fingerprint density at radius 2 is 1.50 bits per heavy atom. The molecule has 0 aromatic heterocycles. The third-order valence-electron chi connectivity index (χ3n) is 6.82. The first-order valence-electron chi connectivity index (χ1n) is 13.9. The second-order valence-corrected chi connectivity index (χ2v) is 12.4. The average Bonchev–Trinajstić information content (AvgIpc) is 2.98. The molecule has 0 radical (unpaired) electrons. The van der Waals surface area contributed by atoms with Gasteiger partial charge in [-0.2, -0.15) is 0 Å². The van der Waals surface area contributed by atoms with Gasteiger partial charge in [-0.25, -0.2) is 8.42 Å². The van der Waals surface area contributed by atoms with E-state index in [0.29, 0.717) is 34.4 Å².